The van der Waals surface area contributed by atoms with Crippen molar-refractivity contribution in [3.8, 4) is 0 Å². The Kier molecular flexibility index (Phi) is 4.59. The van der Waals surface area contributed by atoms with Crippen LogP contribution >= 0.6 is 11.6 Å². The van der Waals surface area contributed by atoms with Gasteiger partial charge in [0.05, 0.1) is 6.04 Å². The highest BCUT2D eigenvalue weighted by Gasteiger charge is 2.09. The molecule has 0 aliphatic heterocycles. The molecule has 0 bridgehead atoms. The molecule has 1 aromatic carbocycles. The zero-order valence-corrected chi connectivity index (χ0v) is 9.64. The molecule has 0 fully saturated rings. The molecule has 1 amide bonds. The Bertz CT molecular complexity index is 341. The number of carbonyl (C=O) groups excluding carboxylic acids is 1. The summed E-state index contributed by atoms with van der Waals surface area (Å²) in [5.41, 5.74) is 0.995. The van der Waals surface area contributed by atoms with Crippen molar-refractivity contribution in [1.82, 2.24) is 10.6 Å². The largest absolute Gasteiger partial charge is 0.358 e. The molecule has 0 radical (unpaired) electrons. The molecule has 1 unspecified atom stereocenters. The van der Waals surface area contributed by atoms with E-state index in [4.69, 9.17) is 11.6 Å². The first-order valence-electron chi connectivity index (χ1n) is 4.83. The van der Waals surface area contributed by atoms with Gasteiger partial charge < -0.3 is 10.6 Å². The first-order valence-corrected chi connectivity index (χ1v) is 5.21. The predicted molar refractivity (Wildman–Crippen MR) is 61.8 cm³/mol. The summed E-state index contributed by atoms with van der Waals surface area (Å²) in [4.78, 5) is 11.2. The summed E-state index contributed by atoms with van der Waals surface area (Å²) in [6.45, 7) is 2.41. The molecule has 1 atom stereocenters. The molecule has 0 aliphatic rings. The van der Waals surface area contributed by atoms with Crippen LogP contribution < -0.4 is 10.6 Å². The number of amides is 1. The number of rotatable bonds is 4. The van der Waals surface area contributed by atoms with E-state index < -0.39 is 0 Å². The second-order valence-electron chi connectivity index (χ2n) is 3.31. The van der Waals surface area contributed by atoms with E-state index in [1.54, 1.807) is 7.05 Å². The smallest absolute Gasteiger partial charge is 0.236 e. The number of halogens is 1. The molecule has 0 saturated carbocycles. The van der Waals surface area contributed by atoms with Crippen molar-refractivity contribution in [2.75, 3.05) is 7.05 Å². The van der Waals surface area contributed by atoms with Crippen molar-refractivity contribution in [3.63, 3.8) is 0 Å². The van der Waals surface area contributed by atoms with Gasteiger partial charge in [-0.1, -0.05) is 29.8 Å². The summed E-state index contributed by atoms with van der Waals surface area (Å²) >= 11 is 5.98. The van der Waals surface area contributed by atoms with Gasteiger partial charge in [-0.05, 0) is 18.6 Å². The van der Waals surface area contributed by atoms with Crippen LogP contribution in [-0.4, -0.2) is 19.0 Å². The topological polar surface area (TPSA) is 41.1 Å². The molecule has 0 heterocycles. The van der Waals surface area contributed by atoms with Gasteiger partial charge in [0, 0.05) is 18.6 Å². The van der Waals surface area contributed by atoms with Gasteiger partial charge in [0.2, 0.25) is 5.91 Å². The number of hydrogen-bond acceptors (Lipinski definition) is 2. The van der Waals surface area contributed by atoms with Crippen LogP contribution in [0.2, 0.25) is 5.02 Å². The fraction of sp³-hybridized carbons (Fsp3) is 0.364. The fourth-order valence-electron chi connectivity index (χ4n) is 1.21. The molecular formula is C11H15ClN2O. The maximum atomic E-state index is 11.2. The van der Waals surface area contributed by atoms with Crippen LogP contribution in [0, 0.1) is 0 Å². The Morgan fingerprint density at radius 3 is 2.73 bits per heavy atom. The van der Waals surface area contributed by atoms with Crippen molar-refractivity contribution in [1.29, 1.82) is 0 Å². The van der Waals surface area contributed by atoms with Gasteiger partial charge in [-0.2, -0.15) is 0 Å². The second kappa shape index (κ2) is 5.73. The van der Waals surface area contributed by atoms with Gasteiger partial charge in [-0.15, -0.1) is 0 Å². The van der Waals surface area contributed by atoms with E-state index in [2.05, 4.69) is 10.6 Å². The Labute approximate surface area is 94.8 Å². The number of nitrogens with one attached hydrogen (secondary N) is 2. The minimum absolute atomic E-state index is 0.0259. The quantitative estimate of drug-likeness (QED) is 0.818. The molecule has 0 spiro atoms. The zero-order valence-electron chi connectivity index (χ0n) is 8.88. The third-order valence-corrected chi connectivity index (χ3v) is 2.56. The Balaban J connectivity index is 2.50. The molecule has 1 aromatic rings. The van der Waals surface area contributed by atoms with Crippen LogP contribution in [0.4, 0.5) is 0 Å². The maximum absolute atomic E-state index is 11.2. The summed E-state index contributed by atoms with van der Waals surface area (Å²) < 4.78 is 0. The predicted octanol–water partition coefficient (Wildman–Crippen LogP) is 1.56. The molecule has 15 heavy (non-hydrogen) atoms. The first kappa shape index (κ1) is 12.0. The van der Waals surface area contributed by atoms with E-state index in [1.165, 1.54) is 0 Å². The lowest BCUT2D eigenvalue weighted by atomic mass is 10.2. The molecule has 82 valence electrons. The lowest BCUT2D eigenvalue weighted by Crippen LogP contribution is -2.40. The summed E-state index contributed by atoms with van der Waals surface area (Å²) in [5, 5.41) is 6.39. The first-order chi connectivity index (χ1) is 7.15. The average molecular weight is 227 g/mol. The lowest BCUT2D eigenvalue weighted by Gasteiger charge is -2.12. The van der Waals surface area contributed by atoms with Gasteiger partial charge in [-0.3, -0.25) is 4.79 Å². The summed E-state index contributed by atoms with van der Waals surface area (Å²) in [7, 11) is 1.62. The molecular weight excluding hydrogens is 212 g/mol. The zero-order chi connectivity index (χ0) is 11.3. The van der Waals surface area contributed by atoms with E-state index in [1.807, 2.05) is 31.2 Å². The van der Waals surface area contributed by atoms with Gasteiger partial charge in [0.15, 0.2) is 0 Å². The van der Waals surface area contributed by atoms with Crippen LogP contribution in [0.5, 0.6) is 0 Å². The summed E-state index contributed by atoms with van der Waals surface area (Å²) in [6, 6.07) is 7.36. The monoisotopic (exact) mass is 226 g/mol. The standard InChI is InChI=1S/C11H15ClN2O/c1-8(11(15)13-2)14-7-9-5-3-4-6-10(9)12/h3-6,8,14H,7H2,1-2H3,(H,13,15). The molecule has 0 saturated heterocycles. The van der Waals surface area contributed by atoms with Crippen LogP contribution in [-0.2, 0) is 11.3 Å². The van der Waals surface area contributed by atoms with Crippen molar-refractivity contribution < 1.29 is 4.79 Å². The molecule has 1 rings (SSSR count). The molecule has 0 aromatic heterocycles. The van der Waals surface area contributed by atoms with E-state index in [0.29, 0.717) is 11.6 Å². The van der Waals surface area contributed by atoms with Crippen molar-refractivity contribution in [3.05, 3.63) is 34.9 Å². The Morgan fingerprint density at radius 2 is 2.13 bits per heavy atom. The number of carbonyl (C=O) groups is 1. The molecule has 4 heteroatoms. The normalized spacial score (nSPS) is 12.2. The van der Waals surface area contributed by atoms with Gasteiger partial charge in [0.1, 0.15) is 0 Å². The number of likely N-dealkylation sites (N-methyl/N-ethyl adjacent to an activating group) is 1. The van der Waals surface area contributed by atoms with E-state index in [9.17, 15) is 4.79 Å². The maximum Gasteiger partial charge on any atom is 0.236 e. The molecule has 0 aliphatic carbocycles. The van der Waals surface area contributed by atoms with Crippen molar-refractivity contribution in [2.45, 2.75) is 19.5 Å². The minimum atomic E-state index is -0.216. The SMILES string of the molecule is CNC(=O)C(C)NCc1ccccc1Cl. The average Bonchev–Trinajstić information content (AvgIpc) is 2.26. The third kappa shape index (κ3) is 3.53. The van der Waals surface area contributed by atoms with Gasteiger partial charge in [-0.25, -0.2) is 0 Å². The minimum Gasteiger partial charge on any atom is -0.358 e. The number of benzene rings is 1. The lowest BCUT2D eigenvalue weighted by molar-refractivity contribution is -0.122. The fourth-order valence-corrected chi connectivity index (χ4v) is 1.42. The molecule has 3 nitrogen and oxygen atoms in total. The third-order valence-electron chi connectivity index (χ3n) is 2.20. The van der Waals surface area contributed by atoms with E-state index >= 15 is 0 Å². The van der Waals surface area contributed by atoms with Crippen LogP contribution in [0.3, 0.4) is 0 Å². The Morgan fingerprint density at radius 1 is 1.47 bits per heavy atom. The van der Waals surface area contributed by atoms with Crippen LogP contribution in [0.15, 0.2) is 24.3 Å². The Hall–Kier alpha value is -1.06. The van der Waals surface area contributed by atoms with E-state index in [-0.39, 0.29) is 11.9 Å². The van der Waals surface area contributed by atoms with Gasteiger partial charge >= 0.3 is 0 Å². The van der Waals surface area contributed by atoms with Crippen molar-refractivity contribution >= 4 is 17.5 Å². The highest BCUT2D eigenvalue weighted by atomic mass is 35.5. The molecule has 2 N–H and O–H groups in total. The van der Waals surface area contributed by atoms with Crippen LogP contribution in [0.25, 0.3) is 0 Å². The summed E-state index contributed by atoms with van der Waals surface area (Å²) in [5.74, 6) is -0.0259. The van der Waals surface area contributed by atoms with Gasteiger partial charge in [0.25, 0.3) is 0 Å². The highest BCUT2D eigenvalue weighted by Crippen LogP contribution is 2.14. The van der Waals surface area contributed by atoms with Crippen LogP contribution in [0.1, 0.15) is 12.5 Å². The second-order valence-corrected chi connectivity index (χ2v) is 3.72. The van der Waals surface area contributed by atoms with Crippen molar-refractivity contribution in [2.24, 2.45) is 0 Å². The van der Waals surface area contributed by atoms with E-state index in [0.717, 1.165) is 5.56 Å². The summed E-state index contributed by atoms with van der Waals surface area (Å²) in [6.07, 6.45) is 0. The highest BCUT2D eigenvalue weighted by molar-refractivity contribution is 6.31. The number of hydrogen-bond donors (Lipinski definition) is 2.